The number of aromatic nitrogens is 3. The molecule has 3 rings (SSSR count). The number of halogens is 5. The lowest BCUT2D eigenvalue weighted by Crippen LogP contribution is -2.34. The van der Waals surface area contributed by atoms with E-state index in [2.05, 4.69) is 15.2 Å². The average molecular weight is 440 g/mol. The molecule has 0 bridgehead atoms. The Hall–Kier alpha value is -2.12. The molecule has 29 heavy (non-hydrogen) atoms. The molecule has 13 heteroatoms. The van der Waals surface area contributed by atoms with Crippen LogP contribution in [0.2, 0.25) is 0 Å². The van der Waals surface area contributed by atoms with Gasteiger partial charge in [-0.25, -0.2) is 40.1 Å². The molecule has 1 saturated carbocycles. The van der Waals surface area contributed by atoms with Crippen molar-refractivity contribution in [3.8, 4) is 0 Å². The third-order valence-electron chi connectivity index (χ3n) is 4.88. The molecule has 7 nitrogen and oxygen atoms in total. The van der Waals surface area contributed by atoms with Gasteiger partial charge in [-0.3, -0.25) is 5.10 Å². The van der Waals surface area contributed by atoms with Gasteiger partial charge in [0, 0.05) is 18.9 Å². The Morgan fingerprint density at radius 2 is 1.66 bits per heavy atom. The van der Waals surface area contributed by atoms with Crippen LogP contribution >= 0.6 is 0 Å². The average Bonchev–Trinajstić information content (AvgIpc) is 3.29. The summed E-state index contributed by atoms with van der Waals surface area (Å²) >= 11 is 0. The summed E-state index contributed by atoms with van der Waals surface area (Å²) in [5.41, 5.74) is 0. The molecule has 1 aliphatic rings. The summed E-state index contributed by atoms with van der Waals surface area (Å²) in [6, 6.07) is 0. The number of aromatic amines is 1. The molecular formula is C16H17F5N4O3S. The van der Waals surface area contributed by atoms with Gasteiger partial charge in [0.2, 0.25) is 15.8 Å². The Morgan fingerprint density at radius 3 is 2.21 bits per heavy atom. The molecule has 1 aromatic heterocycles. The normalized spacial score (nSPS) is 22.4. The molecule has 1 aliphatic carbocycles. The fraction of sp³-hybridized carbons (Fsp3) is 0.500. The Morgan fingerprint density at radius 1 is 1.07 bits per heavy atom. The second kappa shape index (κ2) is 7.95. The van der Waals surface area contributed by atoms with Crippen LogP contribution in [0.3, 0.4) is 0 Å². The van der Waals surface area contributed by atoms with Gasteiger partial charge in [0.15, 0.2) is 34.0 Å². The van der Waals surface area contributed by atoms with Gasteiger partial charge in [0.25, 0.3) is 0 Å². The van der Waals surface area contributed by atoms with Crippen molar-refractivity contribution in [1.82, 2.24) is 19.9 Å². The number of hydrogen-bond donors (Lipinski definition) is 3. The van der Waals surface area contributed by atoms with Gasteiger partial charge in [-0.15, -0.1) is 0 Å². The highest BCUT2D eigenvalue weighted by molar-refractivity contribution is 7.89. The first-order chi connectivity index (χ1) is 13.6. The van der Waals surface area contributed by atoms with E-state index >= 15 is 0 Å². The van der Waals surface area contributed by atoms with Gasteiger partial charge in [-0.05, 0) is 18.8 Å². The topological polar surface area (TPSA) is 108 Å². The fourth-order valence-electron chi connectivity index (χ4n) is 3.29. The molecule has 160 valence electrons. The van der Waals surface area contributed by atoms with Gasteiger partial charge in [-0.2, -0.15) is 5.10 Å². The molecule has 1 fully saturated rings. The fourth-order valence-corrected chi connectivity index (χ4v) is 4.52. The van der Waals surface area contributed by atoms with Crippen molar-refractivity contribution < 1.29 is 35.5 Å². The lowest BCUT2D eigenvalue weighted by atomic mass is 10.0. The maximum Gasteiger partial charge on any atom is 0.246 e. The molecule has 0 unspecified atom stereocenters. The highest BCUT2D eigenvalue weighted by Gasteiger charge is 2.38. The maximum atomic E-state index is 13.8. The standard InChI is InChI=1S/C16H17F5N4O3S/c1-2-9-23-16(25-24-9)6-3-7(8(26)4-6)5-22-29(27,28)15-13(20)11(18)10(17)12(19)14(15)21/h6-8,22,26H,2-5H2,1H3,(H,23,24,25)/t6-,7+,8+/m0/s1. The minimum Gasteiger partial charge on any atom is -0.393 e. The lowest BCUT2D eigenvalue weighted by Gasteiger charge is -2.16. The van der Waals surface area contributed by atoms with E-state index in [9.17, 15) is 35.5 Å². The zero-order chi connectivity index (χ0) is 21.5. The number of nitrogens with zero attached hydrogens (tertiary/aromatic N) is 2. The van der Waals surface area contributed by atoms with Crippen LogP contribution in [-0.2, 0) is 16.4 Å². The van der Waals surface area contributed by atoms with E-state index in [0.717, 1.165) is 0 Å². The van der Waals surface area contributed by atoms with Crippen molar-refractivity contribution in [2.24, 2.45) is 5.92 Å². The Bertz CT molecular complexity index is 1000. The van der Waals surface area contributed by atoms with Crippen LogP contribution in [0, 0.1) is 35.0 Å². The Labute approximate surface area is 162 Å². The number of aryl methyl sites for hydroxylation is 1. The summed E-state index contributed by atoms with van der Waals surface area (Å²) in [5, 5.41) is 16.9. The Kier molecular flexibility index (Phi) is 5.92. The lowest BCUT2D eigenvalue weighted by molar-refractivity contribution is 0.134. The maximum absolute atomic E-state index is 13.8. The third kappa shape index (κ3) is 3.98. The molecule has 1 aromatic carbocycles. The molecule has 3 N–H and O–H groups in total. The van der Waals surface area contributed by atoms with Crippen molar-refractivity contribution in [1.29, 1.82) is 0 Å². The third-order valence-corrected chi connectivity index (χ3v) is 6.32. The van der Waals surface area contributed by atoms with Crippen molar-refractivity contribution in [3.05, 3.63) is 40.7 Å². The van der Waals surface area contributed by atoms with Crippen molar-refractivity contribution in [3.63, 3.8) is 0 Å². The second-order valence-corrected chi connectivity index (χ2v) is 8.44. The van der Waals surface area contributed by atoms with Gasteiger partial charge in [0.05, 0.1) is 6.10 Å². The van der Waals surface area contributed by atoms with E-state index in [4.69, 9.17) is 0 Å². The number of rotatable bonds is 6. The van der Waals surface area contributed by atoms with Crippen LogP contribution in [0.1, 0.15) is 37.3 Å². The monoisotopic (exact) mass is 440 g/mol. The first kappa shape index (κ1) is 21.6. The van der Waals surface area contributed by atoms with Gasteiger partial charge < -0.3 is 5.11 Å². The van der Waals surface area contributed by atoms with Crippen LogP contribution in [0.4, 0.5) is 22.0 Å². The summed E-state index contributed by atoms with van der Waals surface area (Å²) in [6.45, 7) is 1.40. The Balaban J connectivity index is 1.76. The van der Waals surface area contributed by atoms with Crippen molar-refractivity contribution in [2.75, 3.05) is 6.54 Å². The molecule has 0 spiro atoms. The highest BCUT2D eigenvalue weighted by Crippen LogP contribution is 2.37. The first-order valence-electron chi connectivity index (χ1n) is 8.67. The van der Waals surface area contributed by atoms with E-state index < -0.39 is 62.6 Å². The molecular weight excluding hydrogens is 423 g/mol. The van der Waals surface area contributed by atoms with Crippen LogP contribution in [0.5, 0.6) is 0 Å². The van der Waals surface area contributed by atoms with Gasteiger partial charge in [-0.1, -0.05) is 6.92 Å². The number of benzene rings is 1. The predicted octanol–water partition coefficient (Wildman–Crippen LogP) is 1.90. The van der Waals surface area contributed by atoms with Crippen molar-refractivity contribution >= 4 is 10.0 Å². The van der Waals surface area contributed by atoms with Gasteiger partial charge in [0.1, 0.15) is 5.82 Å². The summed E-state index contributed by atoms with van der Waals surface area (Å²) < 4.78 is 93.5. The quantitative estimate of drug-likeness (QED) is 0.361. The van der Waals surface area contributed by atoms with Crippen LogP contribution < -0.4 is 4.72 Å². The van der Waals surface area contributed by atoms with E-state index in [1.807, 2.05) is 11.6 Å². The highest BCUT2D eigenvalue weighted by atomic mass is 32.2. The second-order valence-electron chi connectivity index (χ2n) is 6.74. The number of H-pyrrole nitrogens is 1. The molecule has 0 aliphatic heterocycles. The van der Waals surface area contributed by atoms with Crippen LogP contribution in [0.25, 0.3) is 0 Å². The van der Waals surface area contributed by atoms with E-state index in [1.54, 1.807) is 0 Å². The first-order valence-corrected chi connectivity index (χ1v) is 10.1. The molecule has 0 radical (unpaired) electrons. The minimum absolute atomic E-state index is 0.232. The van der Waals surface area contributed by atoms with E-state index in [-0.39, 0.29) is 18.8 Å². The van der Waals surface area contributed by atoms with Crippen LogP contribution in [0.15, 0.2) is 4.90 Å². The summed E-state index contributed by atoms with van der Waals surface area (Å²) in [6.07, 6.45) is 0.146. The number of nitrogens with one attached hydrogen (secondary N) is 2. The molecule has 0 saturated heterocycles. The SMILES string of the molecule is CCc1nc([C@H]2C[C@H](CNS(=O)(=O)c3c(F)c(F)c(F)c(F)c3F)[C@H](O)C2)n[nH]1. The number of aliphatic hydroxyl groups is 1. The summed E-state index contributed by atoms with van der Waals surface area (Å²) in [4.78, 5) is 2.29. The predicted molar refractivity (Wildman–Crippen MR) is 88.7 cm³/mol. The molecule has 3 atom stereocenters. The zero-order valence-corrected chi connectivity index (χ0v) is 15.8. The minimum atomic E-state index is -5.07. The number of aliphatic hydroxyl groups excluding tert-OH is 1. The molecule has 0 amide bonds. The van der Waals surface area contributed by atoms with Gasteiger partial charge >= 0.3 is 0 Å². The zero-order valence-electron chi connectivity index (χ0n) is 15.0. The largest absolute Gasteiger partial charge is 0.393 e. The van der Waals surface area contributed by atoms with E-state index in [0.29, 0.717) is 18.1 Å². The van der Waals surface area contributed by atoms with Crippen LogP contribution in [-0.4, -0.2) is 41.4 Å². The van der Waals surface area contributed by atoms with E-state index in [1.165, 1.54) is 0 Å². The van der Waals surface area contributed by atoms with Crippen molar-refractivity contribution in [2.45, 2.75) is 43.1 Å². The summed E-state index contributed by atoms with van der Waals surface area (Å²) in [5.74, 6) is -11.9. The summed E-state index contributed by atoms with van der Waals surface area (Å²) in [7, 11) is -5.07. The molecule has 2 aromatic rings. The number of hydrogen-bond acceptors (Lipinski definition) is 5. The molecule has 1 heterocycles. The number of sulfonamides is 1. The smallest absolute Gasteiger partial charge is 0.246 e.